The molecule has 33 heavy (non-hydrogen) atoms. The van der Waals surface area contributed by atoms with Gasteiger partial charge in [-0.1, -0.05) is 12.1 Å². The molecular weight excluding hydrogens is 430 g/mol. The van der Waals surface area contributed by atoms with Crippen molar-refractivity contribution in [1.29, 1.82) is 0 Å². The molecule has 1 N–H and O–H groups in total. The molecule has 0 aliphatic rings. The van der Waals surface area contributed by atoms with Gasteiger partial charge < -0.3 is 19.5 Å². The first-order chi connectivity index (χ1) is 15.9. The average molecular weight is 451 g/mol. The number of para-hydroxylation sites is 1. The van der Waals surface area contributed by atoms with Gasteiger partial charge in [-0.3, -0.25) is 14.2 Å². The Labute approximate surface area is 188 Å². The van der Waals surface area contributed by atoms with Crippen LogP contribution in [0.2, 0.25) is 0 Å². The first-order valence-corrected chi connectivity index (χ1v) is 9.68. The fraction of sp³-hybridized carbons (Fsp3) is 0.174. The minimum absolute atomic E-state index is 0.0375. The summed E-state index contributed by atoms with van der Waals surface area (Å²) in [6.07, 6.45) is 1.25. The largest absolute Gasteiger partial charge is 0.496 e. The van der Waals surface area contributed by atoms with Crippen molar-refractivity contribution < 1.29 is 28.6 Å². The molecule has 0 bridgehead atoms. The second-order valence-corrected chi connectivity index (χ2v) is 6.73. The number of methoxy groups -OCH3 is 3. The molecule has 1 aromatic heterocycles. The highest BCUT2D eigenvalue weighted by molar-refractivity contribution is 6.03. The molecule has 0 saturated heterocycles. The Morgan fingerprint density at radius 2 is 1.70 bits per heavy atom. The van der Waals surface area contributed by atoms with Gasteiger partial charge in [-0.15, -0.1) is 0 Å². The van der Waals surface area contributed by atoms with Crippen LogP contribution in [0.15, 0.2) is 59.7 Å². The van der Waals surface area contributed by atoms with Crippen LogP contribution >= 0.6 is 0 Å². The summed E-state index contributed by atoms with van der Waals surface area (Å²) in [4.78, 5) is 53.3. The van der Waals surface area contributed by atoms with Crippen LogP contribution in [0.4, 0.5) is 5.69 Å². The maximum Gasteiger partial charge on any atom is 0.339 e. The number of aromatic nitrogens is 2. The summed E-state index contributed by atoms with van der Waals surface area (Å²) in [6.45, 7) is -0.374. The molecule has 2 aromatic carbocycles. The quantitative estimate of drug-likeness (QED) is 0.542. The number of rotatable bonds is 7. The highest BCUT2D eigenvalue weighted by Gasteiger charge is 2.18. The van der Waals surface area contributed by atoms with Crippen molar-refractivity contribution in [2.45, 2.75) is 6.54 Å². The Kier molecular flexibility index (Phi) is 7.19. The maximum atomic E-state index is 12.6. The second kappa shape index (κ2) is 10.2. The SMILES string of the molecule is COC(=O)c1ccc(C(=O)OC)c(NC(=O)Cn2cnc(-c3ccccc3OC)cc2=O)c1. The highest BCUT2D eigenvalue weighted by Crippen LogP contribution is 2.26. The molecule has 0 aliphatic heterocycles. The predicted octanol–water partition coefficient (Wildman–Crippen LogP) is 2.13. The fourth-order valence-electron chi connectivity index (χ4n) is 3.07. The first-order valence-electron chi connectivity index (χ1n) is 9.68. The van der Waals surface area contributed by atoms with Crippen molar-refractivity contribution in [3.05, 3.63) is 76.3 Å². The molecule has 10 heteroatoms. The number of esters is 2. The van der Waals surface area contributed by atoms with E-state index in [0.29, 0.717) is 17.0 Å². The predicted molar refractivity (Wildman–Crippen MR) is 118 cm³/mol. The Hall–Kier alpha value is -4.47. The molecule has 0 aliphatic carbocycles. The van der Waals surface area contributed by atoms with E-state index in [1.54, 1.807) is 24.3 Å². The fourth-order valence-corrected chi connectivity index (χ4v) is 3.07. The van der Waals surface area contributed by atoms with Crippen molar-refractivity contribution in [3.8, 4) is 17.0 Å². The lowest BCUT2D eigenvalue weighted by Crippen LogP contribution is -2.28. The van der Waals surface area contributed by atoms with E-state index in [2.05, 4.69) is 15.0 Å². The normalized spacial score (nSPS) is 10.3. The van der Waals surface area contributed by atoms with Crippen LogP contribution < -0.4 is 15.6 Å². The number of carbonyl (C=O) groups excluding carboxylic acids is 3. The molecule has 1 amide bonds. The maximum absolute atomic E-state index is 12.6. The Morgan fingerprint density at radius 3 is 2.36 bits per heavy atom. The van der Waals surface area contributed by atoms with Gasteiger partial charge in [-0.05, 0) is 30.3 Å². The molecular formula is C23H21N3O7. The van der Waals surface area contributed by atoms with Crippen molar-refractivity contribution in [2.75, 3.05) is 26.6 Å². The minimum atomic E-state index is -0.707. The summed E-state index contributed by atoms with van der Waals surface area (Å²) in [5.74, 6) is -1.41. The average Bonchev–Trinajstić information content (AvgIpc) is 2.84. The number of carbonyl (C=O) groups is 3. The van der Waals surface area contributed by atoms with Gasteiger partial charge in [0.15, 0.2) is 0 Å². The third-order valence-electron chi connectivity index (χ3n) is 4.70. The third-order valence-corrected chi connectivity index (χ3v) is 4.70. The molecule has 0 radical (unpaired) electrons. The van der Waals surface area contributed by atoms with Gasteiger partial charge >= 0.3 is 11.9 Å². The minimum Gasteiger partial charge on any atom is -0.496 e. The highest BCUT2D eigenvalue weighted by atomic mass is 16.5. The standard InChI is InChI=1S/C23H21N3O7/c1-31-19-7-5-4-6-15(19)17-11-21(28)26(13-24-17)12-20(27)25-18-10-14(22(29)32-2)8-9-16(18)23(30)33-3/h4-11,13H,12H2,1-3H3,(H,25,27). The van der Waals surface area contributed by atoms with Crippen molar-refractivity contribution in [3.63, 3.8) is 0 Å². The zero-order valence-electron chi connectivity index (χ0n) is 18.2. The van der Waals surface area contributed by atoms with Gasteiger partial charge in [0, 0.05) is 11.6 Å². The Bertz CT molecular complexity index is 1270. The molecule has 0 spiro atoms. The van der Waals surface area contributed by atoms with Gasteiger partial charge in [0.05, 0.1) is 50.2 Å². The summed E-state index contributed by atoms with van der Waals surface area (Å²) in [5, 5.41) is 2.53. The topological polar surface area (TPSA) is 126 Å². The Balaban J connectivity index is 1.84. The van der Waals surface area contributed by atoms with Crippen molar-refractivity contribution >= 4 is 23.5 Å². The zero-order chi connectivity index (χ0) is 24.0. The lowest BCUT2D eigenvalue weighted by atomic mass is 10.1. The number of ether oxygens (including phenoxy) is 3. The zero-order valence-corrected chi connectivity index (χ0v) is 18.2. The summed E-state index contributed by atoms with van der Waals surface area (Å²) in [7, 11) is 3.92. The van der Waals surface area contributed by atoms with E-state index in [1.807, 2.05) is 0 Å². The third kappa shape index (κ3) is 5.24. The summed E-state index contributed by atoms with van der Waals surface area (Å²) < 4.78 is 15.8. The van der Waals surface area contributed by atoms with Crippen LogP contribution in [0.25, 0.3) is 11.3 Å². The molecule has 3 rings (SSSR count). The van der Waals surface area contributed by atoms with Crippen LogP contribution in [-0.4, -0.2) is 48.7 Å². The number of nitrogens with zero attached hydrogens (tertiary/aromatic N) is 2. The van der Waals surface area contributed by atoms with E-state index in [4.69, 9.17) is 9.47 Å². The van der Waals surface area contributed by atoms with E-state index >= 15 is 0 Å². The van der Waals surface area contributed by atoms with Crippen molar-refractivity contribution in [2.24, 2.45) is 0 Å². The number of nitrogens with one attached hydrogen (secondary N) is 1. The van der Waals surface area contributed by atoms with Crippen LogP contribution in [0.1, 0.15) is 20.7 Å². The molecule has 3 aromatic rings. The van der Waals surface area contributed by atoms with Crippen molar-refractivity contribution in [1.82, 2.24) is 9.55 Å². The van der Waals surface area contributed by atoms with E-state index in [1.165, 1.54) is 51.9 Å². The molecule has 0 atom stereocenters. The van der Waals surface area contributed by atoms with Gasteiger partial charge in [0.25, 0.3) is 5.56 Å². The van der Waals surface area contributed by atoms with Crippen LogP contribution in [0.5, 0.6) is 5.75 Å². The monoisotopic (exact) mass is 451 g/mol. The molecule has 170 valence electrons. The van der Waals surface area contributed by atoms with E-state index < -0.39 is 23.4 Å². The van der Waals surface area contributed by atoms with Gasteiger partial charge in [0.2, 0.25) is 5.91 Å². The number of hydrogen-bond acceptors (Lipinski definition) is 8. The molecule has 0 unspecified atom stereocenters. The smallest absolute Gasteiger partial charge is 0.339 e. The van der Waals surface area contributed by atoms with Crippen LogP contribution in [0.3, 0.4) is 0 Å². The van der Waals surface area contributed by atoms with E-state index in [9.17, 15) is 19.2 Å². The first kappa shape index (κ1) is 23.2. The van der Waals surface area contributed by atoms with Gasteiger partial charge in [0.1, 0.15) is 12.3 Å². The van der Waals surface area contributed by atoms with Gasteiger partial charge in [-0.25, -0.2) is 14.6 Å². The van der Waals surface area contributed by atoms with E-state index in [-0.39, 0.29) is 23.4 Å². The Morgan fingerprint density at radius 1 is 0.970 bits per heavy atom. The lowest BCUT2D eigenvalue weighted by molar-refractivity contribution is -0.116. The number of benzene rings is 2. The summed E-state index contributed by atoms with van der Waals surface area (Å²) in [5.41, 5.74) is 0.777. The summed E-state index contributed by atoms with van der Waals surface area (Å²) >= 11 is 0. The van der Waals surface area contributed by atoms with E-state index in [0.717, 1.165) is 4.57 Å². The summed E-state index contributed by atoms with van der Waals surface area (Å²) in [6, 6.07) is 12.4. The molecule has 10 nitrogen and oxygen atoms in total. The molecule has 1 heterocycles. The number of amides is 1. The van der Waals surface area contributed by atoms with Crippen LogP contribution in [-0.2, 0) is 20.8 Å². The molecule has 0 fully saturated rings. The lowest BCUT2D eigenvalue weighted by Gasteiger charge is -2.12. The van der Waals surface area contributed by atoms with Crippen LogP contribution in [0, 0.1) is 0 Å². The number of anilines is 1. The number of hydrogen-bond donors (Lipinski definition) is 1. The second-order valence-electron chi connectivity index (χ2n) is 6.73. The molecule has 0 saturated carbocycles. The van der Waals surface area contributed by atoms with Gasteiger partial charge in [-0.2, -0.15) is 0 Å².